The molecule has 0 aliphatic carbocycles. The summed E-state index contributed by atoms with van der Waals surface area (Å²) in [5.41, 5.74) is 5.88. The normalized spacial score (nSPS) is 10.2. The molecule has 0 saturated carbocycles. The first-order valence-corrected chi connectivity index (χ1v) is 5.72. The van der Waals surface area contributed by atoms with Gasteiger partial charge in [-0.15, -0.1) is 0 Å². The molecule has 0 heterocycles. The highest BCUT2D eigenvalue weighted by Crippen LogP contribution is 2.19. The highest BCUT2D eigenvalue weighted by atomic mass is 35.5. The van der Waals surface area contributed by atoms with E-state index in [2.05, 4.69) is 0 Å². The maximum Gasteiger partial charge on any atom is 0.253 e. The molecule has 0 radical (unpaired) electrons. The van der Waals surface area contributed by atoms with Crippen LogP contribution >= 0.6 is 23.2 Å². The van der Waals surface area contributed by atoms with Crippen molar-refractivity contribution in [3.8, 4) is 0 Å². The van der Waals surface area contributed by atoms with Crippen molar-refractivity contribution < 1.29 is 4.79 Å². The zero-order chi connectivity index (χ0) is 12.1. The molecule has 0 fully saturated rings. The summed E-state index contributed by atoms with van der Waals surface area (Å²) in [7, 11) is 1.73. The van der Waals surface area contributed by atoms with Crippen LogP contribution in [0.5, 0.6) is 0 Å². The van der Waals surface area contributed by atoms with Crippen LogP contribution in [0.3, 0.4) is 0 Å². The molecule has 16 heavy (non-hydrogen) atoms. The summed E-state index contributed by atoms with van der Waals surface area (Å²) in [5, 5.41) is 0.922. The van der Waals surface area contributed by atoms with Crippen LogP contribution in [0, 0.1) is 0 Å². The minimum atomic E-state index is -0.0992. The molecule has 5 heteroatoms. The molecule has 0 aromatic heterocycles. The predicted molar refractivity (Wildman–Crippen MR) is 67.1 cm³/mol. The van der Waals surface area contributed by atoms with E-state index in [9.17, 15) is 4.79 Å². The molecule has 1 aromatic rings. The fourth-order valence-electron chi connectivity index (χ4n) is 1.33. The summed E-state index contributed by atoms with van der Waals surface area (Å²) in [5.74, 6) is -0.0992. The first-order valence-electron chi connectivity index (χ1n) is 4.96. The molecule has 0 aliphatic heterocycles. The van der Waals surface area contributed by atoms with Gasteiger partial charge in [-0.25, -0.2) is 0 Å². The molecule has 0 bridgehead atoms. The molecule has 0 spiro atoms. The smallest absolute Gasteiger partial charge is 0.253 e. The topological polar surface area (TPSA) is 46.3 Å². The molecule has 88 valence electrons. The van der Waals surface area contributed by atoms with Gasteiger partial charge in [-0.2, -0.15) is 0 Å². The van der Waals surface area contributed by atoms with Crippen LogP contribution in [0.2, 0.25) is 10.0 Å². The summed E-state index contributed by atoms with van der Waals surface area (Å²) in [4.78, 5) is 13.5. The Morgan fingerprint density at radius 3 is 2.38 bits per heavy atom. The molecule has 0 unspecified atom stereocenters. The van der Waals surface area contributed by atoms with E-state index < -0.39 is 0 Å². The summed E-state index contributed by atoms with van der Waals surface area (Å²) >= 11 is 11.7. The lowest BCUT2D eigenvalue weighted by Crippen LogP contribution is -2.28. The summed E-state index contributed by atoms with van der Waals surface area (Å²) in [6.07, 6.45) is 0.774. The number of amides is 1. The number of halogens is 2. The Morgan fingerprint density at radius 2 is 1.88 bits per heavy atom. The lowest BCUT2D eigenvalue weighted by atomic mass is 10.2. The van der Waals surface area contributed by atoms with E-state index in [0.29, 0.717) is 28.7 Å². The van der Waals surface area contributed by atoms with Crippen molar-refractivity contribution in [3.63, 3.8) is 0 Å². The minimum absolute atomic E-state index is 0.0992. The van der Waals surface area contributed by atoms with Gasteiger partial charge in [0.15, 0.2) is 0 Å². The standard InChI is InChI=1S/C11H14Cl2N2O/c1-15(4-2-3-14)11(16)8-5-9(12)7-10(13)6-8/h5-7H,2-4,14H2,1H3. The second-order valence-electron chi connectivity index (χ2n) is 3.53. The third kappa shape index (κ3) is 3.67. The fourth-order valence-corrected chi connectivity index (χ4v) is 1.85. The number of rotatable bonds is 4. The van der Waals surface area contributed by atoms with E-state index in [1.807, 2.05) is 0 Å². The predicted octanol–water partition coefficient (Wildman–Crippen LogP) is 2.41. The third-order valence-corrected chi connectivity index (χ3v) is 2.59. The molecule has 0 saturated heterocycles. The van der Waals surface area contributed by atoms with Gasteiger partial charge >= 0.3 is 0 Å². The van der Waals surface area contributed by atoms with Crippen LogP contribution < -0.4 is 5.73 Å². The van der Waals surface area contributed by atoms with Crippen molar-refractivity contribution in [1.29, 1.82) is 0 Å². The maximum atomic E-state index is 11.9. The van der Waals surface area contributed by atoms with Crippen molar-refractivity contribution in [3.05, 3.63) is 33.8 Å². The van der Waals surface area contributed by atoms with Gasteiger partial charge in [0.25, 0.3) is 5.91 Å². The fraction of sp³-hybridized carbons (Fsp3) is 0.364. The van der Waals surface area contributed by atoms with Crippen molar-refractivity contribution >= 4 is 29.1 Å². The Morgan fingerprint density at radius 1 is 1.31 bits per heavy atom. The Hall–Kier alpha value is -0.770. The number of nitrogens with zero attached hydrogens (tertiary/aromatic N) is 1. The highest BCUT2D eigenvalue weighted by Gasteiger charge is 2.12. The highest BCUT2D eigenvalue weighted by molar-refractivity contribution is 6.35. The van der Waals surface area contributed by atoms with Gasteiger partial charge in [0, 0.05) is 29.2 Å². The lowest BCUT2D eigenvalue weighted by molar-refractivity contribution is 0.0794. The molecule has 1 amide bonds. The van der Waals surface area contributed by atoms with Crippen molar-refractivity contribution in [2.24, 2.45) is 5.73 Å². The van der Waals surface area contributed by atoms with Crippen molar-refractivity contribution in [2.75, 3.05) is 20.1 Å². The van der Waals surface area contributed by atoms with Crippen LogP contribution in [-0.4, -0.2) is 30.9 Å². The average molecular weight is 261 g/mol. The lowest BCUT2D eigenvalue weighted by Gasteiger charge is -2.16. The molecular weight excluding hydrogens is 247 g/mol. The first-order chi connectivity index (χ1) is 7.54. The molecular formula is C11H14Cl2N2O. The second kappa shape index (κ2) is 6.09. The number of nitrogens with two attached hydrogens (primary N) is 1. The van der Waals surface area contributed by atoms with Gasteiger partial charge in [0.05, 0.1) is 0 Å². The van der Waals surface area contributed by atoms with E-state index in [1.165, 1.54) is 0 Å². The average Bonchev–Trinajstić information content (AvgIpc) is 2.23. The first kappa shape index (κ1) is 13.3. The SMILES string of the molecule is CN(CCCN)C(=O)c1cc(Cl)cc(Cl)c1. The molecule has 0 atom stereocenters. The van der Waals surface area contributed by atoms with Gasteiger partial charge in [-0.1, -0.05) is 23.2 Å². The monoisotopic (exact) mass is 260 g/mol. The van der Waals surface area contributed by atoms with Gasteiger partial charge < -0.3 is 10.6 Å². The van der Waals surface area contributed by atoms with E-state index in [1.54, 1.807) is 30.1 Å². The Balaban J connectivity index is 2.79. The number of hydrogen-bond donors (Lipinski definition) is 1. The molecule has 3 nitrogen and oxygen atoms in total. The van der Waals surface area contributed by atoms with Gasteiger partial charge in [-0.3, -0.25) is 4.79 Å². The van der Waals surface area contributed by atoms with Crippen LogP contribution in [-0.2, 0) is 0 Å². The third-order valence-electron chi connectivity index (χ3n) is 2.15. The molecule has 1 aromatic carbocycles. The van der Waals surface area contributed by atoms with Crippen molar-refractivity contribution in [1.82, 2.24) is 4.90 Å². The summed E-state index contributed by atoms with van der Waals surface area (Å²) in [6.45, 7) is 1.19. The Bertz CT molecular complexity index is 362. The Kier molecular flexibility index (Phi) is 5.06. The minimum Gasteiger partial charge on any atom is -0.342 e. The number of carbonyl (C=O) groups is 1. The maximum absolute atomic E-state index is 11.9. The molecule has 1 rings (SSSR count). The zero-order valence-electron chi connectivity index (χ0n) is 9.04. The van der Waals surface area contributed by atoms with Crippen LogP contribution in [0.15, 0.2) is 18.2 Å². The van der Waals surface area contributed by atoms with E-state index >= 15 is 0 Å². The van der Waals surface area contributed by atoms with Gasteiger partial charge in [0.1, 0.15) is 0 Å². The molecule has 0 aliphatic rings. The van der Waals surface area contributed by atoms with Gasteiger partial charge in [-0.05, 0) is 31.2 Å². The number of hydrogen-bond acceptors (Lipinski definition) is 2. The van der Waals surface area contributed by atoms with Crippen LogP contribution in [0.4, 0.5) is 0 Å². The zero-order valence-corrected chi connectivity index (χ0v) is 10.6. The summed E-state index contributed by atoms with van der Waals surface area (Å²) in [6, 6.07) is 4.81. The van der Waals surface area contributed by atoms with E-state index in [-0.39, 0.29) is 5.91 Å². The molecule has 2 N–H and O–H groups in total. The van der Waals surface area contributed by atoms with Crippen LogP contribution in [0.25, 0.3) is 0 Å². The second-order valence-corrected chi connectivity index (χ2v) is 4.40. The van der Waals surface area contributed by atoms with Gasteiger partial charge in [0.2, 0.25) is 0 Å². The number of carbonyl (C=O) groups excluding carboxylic acids is 1. The summed E-state index contributed by atoms with van der Waals surface area (Å²) < 4.78 is 0. The Labute approximate surface area is 105 Å². The number of benzene rings is 1. The van der Waals surface area contributed by atoms with E-state index in [4.69, 9.17) is 28.9 Å². The van der Waals surface area contributed by atoms with Crippen LogP contribution in [0.1, 0.15) is 16.8 Å². The largest absolute Gasteiger partial charge is 0.342 e. The quantitative estimate of drug-likeness (QED) is 0.904. The van der Waals surface area contributed by atoms with Crippen molar-refractivity contribution in [2.45, 2.75) is 6.42 Å². The van der Waals surface area contributed by atoms with E-state index in [0.717, 1.165) is 6.42 Å².